The van der Waals surface area contributed by atoms with E-state index in [4.69, 9.17) is 0 Å². The predicted octanol–water partition coefficient (Wildman–Crippen LogP) is 2.78. The quantitative estimate of drug-likeness (QED) is 0.873. The molecule has 1 aliphatic heterocycles. The summed E-state index contributed by atoms with van der Waals surface area (Å²) in [5, 5.41) is 2.85. The highest BCUT2D eigenvalue weighted by atomic mass is 16.2. The lowest BCUT2D eigenvalue weighted by Gasteiger charge is -2.18. The van der Waals surface area contributed by atoms with Gasteiger partial charge in [-0.3, -0.25) is 19.3 Å². The first-order chi connectivity index (χ1) is 11.9. The number of carbonyl (C=O) groups excluding carboxylic acids is 3. The number of hydrogen-bond donors (Lipinski definition) is 1. The summed E-state index contributed by atoms with van der Waals surface area (Å²) in [6.07, 6.45) is 0. The van der Waals surface area contributed by atoms with Gasteiger partial charge in [0.25, 0.3) is 11.8 Å². The summed E-state index contributed by atoms with van der Waals surface area (Å²) >= 11 is 0. The van der Waals surface area contributed by atoms with Crippen molar-refractivity contribution in [2.45, 2.75) is 26.8 Å². The van der Waals surface area contributed by atoms with Crippen molar-refractivity contribution in [1.29, 1.82) is 0 Å². The van der Waals surface area contributed by atoms with Crippen molar-refractivity contribution in [2.24, 2.45) is 0 Å². The second kappa shape index (κ2) is 6.51. The van der Waals surface area contributed by atoms with Crippen LogP contribution < -0.4 is 5.32 Å². The van der Waals surface area contributed by atoms with Crippen LogP contribution in [0.2, 0.25) is 0 Å². The first kappa shape index (κ1) is 16.9. The van der Waals surface area contributed by atoms with E-state index in [1.54, 1.807) is 24.3 Å². The molecule has 1 aliphatic rings. The fourth-order valence-corrected chi connectivity index (χ4v) is 2.93. The minimum atomic E-state index is -0.422. The highest BCUT2D eigenvalue weighted by Gasteiger charge is 2.36. The molecule has 0 spiro atoms. The SMILES string of the molecule is Cc1ccc([C@H](C)NC(=O)CN2C(=O)c3ccccc3C2=O)cc1C. The van der Waals surface area contributed by atoms with E-state index in [2.05, 4.69) is 5.32 Å². The van der Waals surface area contributed by atoms with Gasteiger partial charge in [0.2, 0.25) is 5.91 Å². The Kier molecular flexibility index (Phi) is 4.40. The van der Waals surface area contributed by atoms with E-state index >= 15 is 0 Å². The lowest BCUT2D eigenvalue weighted by Crippen LogP contribution is -2.41. The van der Waals surface area contributed by atoms with Crippen molar-refractivity contribution < 1.29 is 14.4 Å². The molecule has 1 N–H and O–H groups in total. The second-order valence-electron chi connectivity index (χ2n) is 6.37. The van der Waals surface area contributed by atoms with Crippen LogP contribution in [0.3, 0.4) is 0 Å². The highest BCUT2D eigenvalue weighted by molar-refractivity contribution is 6.22. The van der Waals surface area contributed by atoms with Gasteiger partial charge in [0.1, 0.15) is 6.54 Å². The third-order valence-corrected chi connectivity index (χ3v) is 4.59. The highest BCUT2D eigenvalue weighted by Crippen LogP contribution is 2.22. The van der Waals surface area contributed by atoms with Gasteiger partial charge in [-0.15, -0.1) is 0 Å². The first-order valence-electron chi connectivity index (χ1n) is 8.20. The van der Waals surface area contributed by atoms with Gasteiger partial charge >= 0.3 is 0 Å². The molecule has 1 heterocycles. The fourth-order valence-electron chi connectivity index (χ4n) is 2.93. The Labute approximate surface area is 146 Å². The summed E-state index contributed by atoms with van der Waals surface area (Å²) in [5.74, 6) is -1.20. The van der Waals surface area contributed by atoms with Crippen molar-refractivity contribution in [3.8, 4) is 0 Å². The Morgan fingerprint density at radius 2 is 1.60 bits per heavy atom. The Bertz CT molecular complexity index is 838. The molecule has 1 atom stereocenters. The van der Waals surface area contributed by atoms with Gasteiger partial charge in [-0.2, -0.15) is 0 Å². The second-order valence-corrected chi connectivity index (χ2v) is 6.37. The van der Waals surface area contributed by atoms with Crippen LogP contribution in [0.1, 0.15) is 50.4 Å². The molecule has 5 heteroatoms. The van der Waals surface area contributed by atoms with Crippen molar-refractivity contribution >= 4 is 17.7 Å². The molecule has 0 saturated heterocycles. The van der Waals surface area contributed by atoms with Gasteiger partial charge in [-0.25, -0.2) is 0 Å². The van der Waals surface area contributed by atoms with Crippen LogP contribution in [0.25, 0.3) is 0 Å². The number of hydrogen-bond acceptors (Lipinski definition) is 3. The van der Waals surface area contributed by atoms with Crippen LogP contribution in [0, 0.1) is 13.8 Å². The van der Waals surface area contributed by atoms with E-state index in [1.165, 1.54) is 5.56 Å². The van der Waals surface area contributed by atoms with Crippen LogP contribution in [0.5, 0.6) is 0 Å². The summed E-state index contributed by atoms with van der Waals surface area (Å²) in [5.41, 5.74) is 4.02. The van der Waals surface area contributed by atoms with Crippen LogP contribution in [-0.2, 0) is 4.79 Å². The molecule has 0 aromatic heterocycles. The standard InChI is InChI=1S/C20H20N2O3/c1-12-8-9-15(10-13(12)2)14(3)21-18(23)11-22-19(24)16-6-4-5-7-17(16)20(22)25/h4-10,14H,11H2,1-3H3,(H,21,23)/t14-/m0/s1. The topological polar surface area (TPSA) is 66.5 Å². The molecule has 3 amide bonds. The Balaban J connectivity index is 1.68. The number of aryl methyl sites for hydroxylation is 2. The minimum absolute atomic E-state index is 0.206. The van der Waals surface area contributed by atoms with Crippen molar-refractivity contribution in [3.05, 3.63) is 70.3 Å². The lowest BCUT2D eigenvalue weighted by molar-refractivity contribution is -0.122. The molecule has 5 nitrogen and oxygen atoms in total. The molecule has 0 radical (unpaired) electrons. The van der Waals surface area contributed by atoms with Crippen LogP contribution in [-0.4, -0.2) is 29.2 Å². The third kappa shape index (κ3) is 3.18. The fraction of sp³-hybridized carbons (Fsp3) is 0.250. The monoisotopic (exact) mass is 336 g/mol. The minimum Gasteiger partial charge on any atom is -0.348 e. The van der Waals surface area contributed by atoms with E-state index in [-0.39, 0.29) is 18.5 Å². The lowest BCUT2D eigenvalue weighted by atomic mass is 10.0. The zero-order valence-electron chi connectivity index (χ0n) is 14.5. The number of amides is 3. The molecule has 3 rings (SSSR count). The van der Waals surface area contributed by atoms with E-state index < -0.39 is 11.8 Å². The van der Waals surface area contributed by atoms with Gasteiger partial charge in [-0.05, 0) is 49.6 Å². The molecule has 0 saturated carbocycles. The number of fused-ring (bicyclic) bond motifs is 1. The number of nitrogens with zero attached hydrogens (tertiary/aromatic N) is 1. The molecule has 0 bridgehead atoms. The number of carbonyl (C=O) groups is 3. The van der Waals surface area contributed by atoms with E-state index in [0.29, 0.717) is 11.1 Å². The summed E-state index contributed by atoms with van der Waals surface area (Å²) in [4.78, 5) is 37.9. The average molecular weight is 336 g/mol. The average Bonchev–Trinajstić information content (AvgIpc) is 2.82. The largest absolute Gasteiger partial charge is 0.348 e. The van der Waals surface area contributed by atoms with Gasteiger partial charge in [0, 0.05) is 0 Å². The first-order valence-corrected chi connectivity index (χ1v) is 8.20. The van der Waals surface area contributed by atoms with E-state index in [0.717, 1.165) is 16.0 Å². The maximum atomic E-state index is 12.3. The number of rotatable bonds is 4. The zero-order valence-corrected chi connectivity index (χ0v) is 14.5. The third-order valence-electron chi connectivity index (χ3n) is 4.59. The Morgan fingerprint density at radius 3 is 2.16 bits per heavy atom. The van der Waals surface area contributed by atoms with Crippen molar-refractivity contribution in [1.82, 2.24) is 10.2 Å². The molecule has 0 aliphatic carbocycles. The number of imide groups is 1. The Hall–Kier alpha value is -2.95. The molecule has 2 aromatic rings. The van der Waals surface area contributed by atoms with Crippen LogP contribution in [0.4, 0.5) is 0 Å². The molecular weight excluding hydrogens is 316 g/mol. The smallest absolute Gasteiger partial charge is 0.262 e. The normalized spacial score (nSPS) is 14.4. The van der Waals surface area contributed by atoms with E-state index in [9.17, 15) is 14.4 Å². The van der Waals surface area contributed by atoms with Crippen LogP contribution in [0.15, 0.2) is 42.5 Å². The van der Waals surface area contributed by atoms with Gasteiger partial charge in [-0.1, -0.05) is 30.3 Å². The molecule has 2 aromatic carbocycles. The summed E-state index contributed by atoms with van der Waals surface area (Å²) in [7, 11) is 0. The molecule has 25 heavy (non-hydrogen) atoms. The predicted molar refractivity (Wildman–Crippen MR) is 94.3 cm³/mol. The molecule has 128 valence electrons. The van der Waals surface area contributed by atoms with E-state index in [1.807, 2.05) is 39.0 Å². The summed E-state index contributed by atoms with van der Waals surface area (Å²) < 4.78 is 0. The van der Waals surface area contributed by atoms with Crippen LogP contribution >= 0.6 is 0 Å². The molecular formula is C20H20N2O3. The number of benzene rings is 2. The summed E-state index contributed by atoms with van der Waals surface area (Å²) in [6.45, 7) is 5.66. The zero-order chi connectivity index (χ0) is 18.1. The number of nitrogens with one attached hydrogen (secondary N) is 1. The van der Waals surface area contributed by atoms with Gasteiger partial charge in [0.05, 0.1) is 17.2 Å². The molecule has 0 fully saturated rings. The summed E-state index contributed by atoms with van der Waals surface area (Å²) in [6, 6.07) is 12.4. The van der Waals surface area contributed by atoms with Crippen molar-refractivity contribution in [3.63, 3.8) is 0 Å². The Morgan fingerprint density at radius 1 is 1.00 bits per heavy atom. The molecule has 0 unspecified atom stereocenters. The maximum Gasteiger partial charge on any atom is 0.262 e. The van der Waals surface area contributed by atoms with Gasteiger partial charge < -0.3 is 5.32 Å². The van der Waals surface area contributed by atoms with Gasteiger partial charge in [0.15, 0.2) is 0 Å². The maximum absolute atomic E-state index is 12.3. The van der Waals surface area contributed by atoms with Crippen molar-refractivity contribution in [2.75, 3.05) is 6.54 Å².